The highest BCUT2D eigenvalue weighted by Crippen LogP contribution is 2.32. The van der Waals surface area contributed by atoms with E-state index in [1.54, 1.807) is 30.5 Å². The van der Waals surface area contributed by atoms with Gasteiger partial charge in [-0.1, -0.05) is 18.2 Å². The Morgan fingerprint density at radius 2 is 1.79 bits per heavy atom. The Kier molecular flexibility index (Phi) is 5.47. The lowest BCUT2D eigenvalue weighted by Crippen LogP contribution is -2.25. The molecule has 0 aliphatic carbocycles. The predicted molar refractivity (Wildman–Crippen MR) is 108 cm³/mol. The first-order chi connectivity index (χ1) is 14.2. The van der Waals surface area contributed by atoms with Crippen LogP contribution in [0.1, 0.15) is 21.5 Å². The first kappa shape index (κ1) is 18.6. The summed E-state index contributed by atoms with van der Waals surface area (Å²) in [6.45, 7) is 1.30. The van der Waals surface area contributed by atoms with Crippen molar-refractivity contribution in [1.82, 2.24) is 10.3 Å². The third kappa shape index (κ3) is 4.76. The van der Waals surface area contributed by atoms with Crippen molar-refractivity contribution in [3.8, 4) is 17.2 Å². The standard InChI is InChI=1S/C22H21N3O4/c26-18-4-1-15(2-5-18)7-9-24-22(27)17-8-10-23-21(12-17)25-13-16-3-6-19-20(11-16)29-14-28-19/h1-6,8,10-12,26H,7,9,13-14H2,(H,23,25)(H,24,27). The molecule has 7 heteroatoms. The summed E-state index contributed by atoms with van der Waals surface area (Å²) in [4.78, 5) is 16.7. The Bertz CT molecular complexity index is 1010. The van der Waals surface area contributed by atoms with Crippen molar-refractivity contribution in [2.24, 2.45) is 0 Å². The minimum atomic E-state index is -0.155. The number of phenols is 1. The number of aromatic hydroxyl groups is 1. The number of anilines is 1. The van der Waals surface area contributed by atoms with E-state index in [0.717, 1.165) is 22.6 Å². The van der Waals surface area contributed by atoms with E-state index in [0.29, 0.717) is 30.9 Å². The number of carbonyl (C=O) groups is 1. The molecule has 0 saturated carbocycles. The predicted octanol–water partition coefficient (Wildman–Crippen LogP) is 3.10. The van der Waals surface area contributed by atoms with Crippen molar-refractivity contribution < 1.29 is 19.4 Å². The summed E-state index contributed by atoms with van der Waals surface area (Å²) in [7, 11) is 0. The SMILES string of the molecule is O=C(NCCc1ccc(O)cc1)c1ccnc(NCc2ccc3c(c2)OCO3)c1. The number of fused-ring (bicyclic) bond motifs is 1. The smallest absolute Gasteiger partial charge is 0.251 e. The van der Waals surface area contributed by atoms with E-state index >= 15 is 0 Å². The molecule has 0 fully saturated rings. The van der Waals surface area contributed by atoms with Crippen LogP contribution < -0.4 is 20.1 Å². The van der Waals surface area contributed by atoms with Crippen molar-refractivity contribution in [2.75, 3.05) is 18.7 Å². The Balaban J connectivity index is 1.30. The molecule has 2 heterocycles. The quantitative estimate of drug-likeness (QED) is 0.573. The van der Waals surface area contributed by atoms with Crippen LogP contribution in [0.5, 0.6) is 17.2 Å². The molecule has 1 aliphatic rings. The van der Waals surface area contributed by atoms with Crippen LogP contribution in [0.4, 0.5) is 5.82 Å². The largest absolute Gasteiger partial charge is 0.508 e. The summed E-state index contributed by atoms with van der Waals surface area (Å²) < 4.78 is 10.7. The molecule has 1 aromatic heterocycles. The van der Waals surface area contributed by atoms with Crippen LogP contribution in [-0.2, 0) is 13.0 Å². The van der Waals surface area contributed by atoms with Gasteiger partial charge in [-0.15, -0.1) is 0 Å². The number of nitrogens with zero attached hydrogens (tertiary/aromatic N) is 1. The maximum Gasteiger partial charge on any atom is 0.251 e. The van der Waals surface area contributed by atoms with Crippen molar-refractivity contribution in [2.45, 2.75) is 13.0 Å². The van der Waals surface area contributed by atoms with Gasteiger partial charge in [0.25, 0.3) is 5.91 Å². The zero-order valence-electron chi connectivity index (χ0n) is 15.7. The van der Waals surface area contributed by atoms with Gasteiger partial charge in [0.15, 0.2) is 11.5 Å². The summed E-state index contributed by atoms with van der Waals surface area (Å²) in [5.41, 5.74) is 2.61. The number of hydrogen-bond acceptors (Lipinski definition) is 6. The molecule has 148 valence electrons. The fourth-order valence-electron chi connectivity index (χ4n) is 3.00. The Morgan fingerprint density at radius 3 is 2.66 bits per heavy atom. The van der Waals surface area contributed by atoms with Gasteiger partial charge in [-0.05, 0) is 53.9 Å². The van der Waals surface area contributed by atoms with E-state index in [1.165, 1.54) is 0 Å². The zero-order valence-corrected chi connectivity index (χ0v) is 15.7. The molecule has 1 aliphatic heterocycles. The maximum absolute atomic E-state index is 12.4. The molecule has 2 aromatic carbocycles. The molecule has 3 N–H and O–H groups in total. The van der Waals surface area contributed by atoms with E-state index in [1.807, 2.05) is 30.3 Å². The third-order valence-electron chi connectivity index (χ3n) is 4.57. The topological polar surface area (TPSA) is 92.7 Å². The molecule has 0 bridgehead atoms. The van der Waals surface area contributed by atoms with Crippen LogP contribution in [-0.4, -0.2) is 29.3 Å². The van der Waals surface area contributed by atoms with Gasteiger partial charge < -0.3 is 25.2 Å². The van der Waals surface area contributed by atoms with Crippen LogP contribution in [0.3, 0.4) is 0 Å². The monoisotopic (exact) mass is 391 g/mol. The van der Waals surface area contributed by atoms with Crippen molar-refractivity contribution in [3.05, 3.63) is 77.5 Å². The fourth-order valence-corrected chi connectivity index (χ4v) is 3.00. The van der Waals surface area contributed by atoms with Gasteiger partial charge in [-0.25, -0.2) is 4.98 Å². The average Bonchev–Trinajstić information content (AvgIpc) is 3.22. The van der Waals surface area contributed by atoms with Gasteiger partial charge >= 0.3 is 0 Å². The molecule has 7 nitrogen and oxygen atoms in total. The van der Waals surface area contributed by atoms with Gasteiger partial charge in [0.2, 0.25) is 6.79 Å². The first-order valence-electron chi connectivity index (χ1n) is 9.32. The highest BCUT2D eigenvalue weighted by Gasteiger charge is 2.13. The van der Waals surface area contributed by atoms with Gasteiger partial charge in [0.1, 0.15) is 11.6 Å². The lowest BCUT2D eigenvalue weighted by atomic mass is 10.1. The number of aromatic nitrogens is 1. The van der Waals surface area contributed by atoms with E-state index in [9.17, 15) is 9.90 Å². The van der Waals surface area contributed by atoms with E-state index in [4.69, 9.17) is 9.47 Å². The van der Waals surface area contributed by atoms with E-state index in [-0.39, 0.29) is 18.4 Å². The lowest BCUT2D eigenvalue weighted by Gasteiger charge is -2.09. The number of pyridine rings is 1. The number of phenolic OH excluding ortho intramolecular Hbond substituents is 1. The van der Waals surface area contributed by atoms with Crippen molar-refractivity contribution >= 4 is 11.7 Å². The van der Waals surface area contributed by atoms with E-state index < -0.39 is 0 Å². The third-order valence-corrected chi connectivity index (χ3v) is 4.57. The van der Waals surface area contributed by atoms with Crippen LogP contribution in [0.15, 0.2) is 60.8 Å². The molecule has 3 aromatic rings. The number of benzene rings is 2. The highest BCUT2D eigenvalue weighted by atomic mass is 16.7. The molecule has 0 radical (unpaired) electrons. The average molecular weight is 391 g/mol. The fraction of sp³-hybridized carbons (Fsp3) is 0.182. The van der Waals surface area contributed by atoms with Gasteiger partial charge in [0, 0.05) is 24.8 Å². The number of rotatable bonds is 7. The second-order valence-corrected chi connectivity index (χ2v) is 6.64. The number of hydrogen-bond donors (Lipinski definition) is 3. The normalized spacial score (nSPS) is 11.9. The summed E-state index contributed by atoms with van der Waals surface area (Å²) in [6, 6.07) is 16.1. The van der Waals surface area contributed by atoms with Crippen molar-refractivity contribution in [1.29, 1.82) is 0 Å². The molecule has 0 unspecified atom stereocenters. The molecule has 4 rings (SSSR count). The van der Waals surface area contributed by atoms with E-state index in [2.05, 4.69) is 15.6 Å². The van der Waals surface area contributed by atoms with Gasteiger partial charge in [-0.3, -0.25) is 4.79 Å². The lowest BCUT2D eigenvalue weighted by molar-refractivity contribution is 0.0954. The zero-order chi connectivity index (χ0) is 20.1. The Labute approximate surface area is 168 Å². The second kappa shape index (κ2) is 8.52. The molecule has 1 amide bonds. The summed E-state index contributed by atoms with van der Waals surface area (Å²) >= 11 is 0. The number of nitrogens with one attached hydrogen (secondary N) is 2. The summed E-state index contributed by atoms with van der Waals surface area (Å²) in [6.07, 6.45) is 2.29. The number of ether oxygens (including phenoxy) is 2. The van der Waals surface area contributed by atoms with Gasteiger partial charge in [-0.2, -0.15) is 0 Å². The minimum Gasteiger partial charge on any atom is -0.508 e. The molecule has 0 atom stereocenters. The van der Waals surface area contributed by atoms with Crippen LogP contribution in [0.25, 0.3) is 0 Å². The second-order valence-electron chi connectivity index (χ2n) is 6.64. The Morgan fingerprint density at radius 1 is 1.00 bits per heavy atom. The molecule has 0 saturated heterocycles. The van der Waals surface area contributed by atoms with Gasteiger partial charge in [0.05, 0.1) is 0 Å². The van der Waals surface area contributed by atoms with Crippen LogP contribution >= 0.6 is 0 Å². The molecule has 0 spiro atoms. The van der Waals surface area contributed by atoms with Crippen molar-refractivity contribution in [3.63, 3.8) is 0 Å². The number of carbonyl (C=O) groups excluding carboxylic acids is 1. The minimum absolute atomic E-state index is 0.155. The molecule has 29 heavy (non-hydrogen) atoms. The number of amides is 1. The van der Waals surface area contributed by atoms with Crippen LogP contribution in [0.2, 0.25) is 0 Å². The maximum atomic E-state index is 12.4. The molecular weight excluding hydrogens is 370 g/mol. The molecular formula is C22H21N3O4. The Hall–Kier alpha value is -3.74. The van der Waals surface area contributed by atoms with Crippen LogP contribution in [0, 0.1) is 0 Å². The summed E-state index contributed by atoms with van der Waals surface area (Å²) in [5, 5.41) is 15.4. The highest BCUT2D eigenvalue weighted by molar-refractivity contribution is 5.94. The first-order valence-corrected chi connectivity index (χ1v) is 9.32. The summed E-state index contributed by atoms with van der Waals surface area (Å²) in [5.74, 6) is 2.18.